The molecule has 3 aliphatic rings. The van der Waals surface area contributed by atoms with Crippen LogP contribution in [0.15, 0.2) is 60.8 Å². The van der Waals surface area contributed by atoms with Crippen LogP contribution in [0.4, 0.5) is 4.39 Å². The molecule has 3 aromatic carbocycles. The first-order chi connectivity index (χ1) is 19.9. The molecule has 4 heterocycles. The molecule has 41 heavy (non-hydrogen) atoms. The molecule has 0 radical (unpaired) electrons. The highest BCUT2D eigenvalue weighted by atomic mass is 19.1. The van der Waals surface area contributed by atoms with Crippen LogP contribution >= 0.6 is 0 Å². The maximum atomic E-state index is 14.5. The Morgan fingerprint density at radius 1 is 1.12 bits per heavy atom. The van der Waals surface area contributed by atoms with Gasteiger partial charge in [-0.05, 0) is 78.9 Å². The van der Waals surface area contributed by atoms with Gasteiger partial charge < -0.3 is 29.4 Å². The molecule has 8 bridgehead atoms. The van der Waals surface area contributed by atoms with Gasteiger partial charge in [-0.15, -0.1) is 0 Å². The number of fused-ring (bicyclic) bond motifs is 6. The zero-order chi connectivity index (χ0) is 28.5. The Morgan fingerprint density at radius 3 is 2.76 bits per heavy atom. The van der Waals surface area contributed by atoms with Gasteiger partial charge in [0.2, 0.25) is 0 Å². The summed E-state index contributed by atoms with van der Waals surface area (Å²) in [6.45, 7) is 2.83. The number of benzene rings is 3. The Kier molecular flexibility index (Phi) is 7.05. The van der Waals surface area contributed by atoms with Crippen molar-refractivity contribution in [2.75, 3.05) is 26.8 Å². The highest BCUT2D eigenvalue weighted by molar-refractivity contribution is 5.95. The van der Waals surface area contributed by atoms with Gasteiger partial charge in [0, 0.05) is 13.1 Å². The zero-order valence-corrected chi connectivity index (χ0v) is 22.7. The third kappa shape index (κ3) is 5.20. The fourth-order valence-electron chi connectivity index (χ4n) is 5.33. The number of hydrogen-bond acceptors (Lipinski definition) is 6. The fraction of sp³-hybridized carbons (Fsp3) is 0.258. The summed E-state index contributed by atoms with van der Waals surface area (Å²) in [5.41, 5.74) is 3.14. The third-order valence-electron chi connectivity index (χ3n) is 7.32. The molecule has 2 N–H and O–H groups in total. The minimum Gasteiger partial charge on any atom is -0.493 e. The molecular formula is C31H29FN4O5. The first-order valence-corrected chi connectivity index (χ1v) is 13.4. The first kappa shape index (κ1) is 26.4. The van der Waals surface area contributed by atoms with Gasteiger partial charge in [-0.2, -0.15) is 0 Å². The number of H-pyrrole nitrogens is 1. The Labute approximate surface area is 236 Å². The van der Waals surface area contributed by atoms with Gasteiger partial charge in [0.15, 0.2) is 11.5 Å². The van der Waals surface area contributed by atoms with Gasteiger partial charge in [-0.25, -0.2) is 9.37 Å². The lowest BCUT2D eigenvalue weighted by Crippen LogP contribution is -2.40. The molecule has 210 valence electrons. The van der Waals surface area contributed by atoms with E-state index in [1.165, 1.54) is 18.2 Å². The largest absolute Gasteiger partial charge is 0.493 e. The molecule has 0 fully saturated rings. The van der Waals surface area contributed by atoms with E-state index in [-0.39, 0.29) is 24.6 Å². The van der Waals surface area contributed by atoms with Gasteiger partial charge >= 0.3 is 0 Å². The van der Waals surface area contributed by atoms with Crippen molar-refractivity contribution in [3.05, 3.63) is 100 Å². The average Bonchev–Trinajstić information content (AvgIpc) is 3.42. The number of carbonyl (C=O) groups excluding carboxylic acids is 2. The lowest BCUT2D eigenvalue weighted by molar-refractivity contribution is 0.0688. The van der Waals surface area contributed by atoms with Crippen LogP contribution in [-0.4, -0.2) is 53.5 Å². The lowest BCUT2D eigenvalue weighted by atomic mass is 9.87. The van der Waals surface area contributed by atoms with Crippen molar-refractivity contribution in [3.63, 3.8) is 0 Å². The quantitative estimate of drug-likeness (QED) is 0.362. The Balaban J connectivity index is 1.46. The van der Waals surface area contributed by atoms with Crippen LogP contribution in [0.3, 0.4) is 0 Å². The van der Waals surface area contributed by atoms with Crippen molar-refractivity contribution in [3.8, 4) is 23.0 Å². The monoisotopic (exact) mass is 556 g/mol. The van der Waals surface area contributed by atoms with Gasteiger partial charge in [0.05, 0.1) is 31.5 Å². The molecule has 3 aliphatic heterocycles. The average molecular weight is 557 g/mol. The SMILES string of the molecule is COc1ccc2cc1OCCCNC(=O)c1cc(ccc1F)Oc1ccc3c(c1)CCN(C(=O)c1cnc(C)[nH]1)C23. The van der Waals surface area contributed by atoms with E-state index in [9.17, 15) is 14.0 Å². The van der Waals surface area contributed by atoms with Gasteiger partial charge in [-0.1, -0.05) is 12.1 Å². The predicted molar refractivity (Wildman–Crippen MR) is 148 cm³/mol. The molecule has 10 heteroatoms. The molecule has 0 saturated heterocycles. The normalized spacial score (nSPS) is 16.6. The van der Waals surface area contributed by atoms with Crippen molar-refractivity contribution in [1.82, 2.24) is 20.2 Å². The summed E-state index contributed by atoms with van der Waals surface area (Å²) in [6.07, 6.45) is 2.64. The number of nitrogens with one attached hydrogen (secondary N) is 2. The summed E-state index contributed by atoms with van der Waals surface area (Å²) >= 11 is 0. The molecule has 2 amide bonds. The summed E-state index contributed by atoms with van der Waals surface area (Å²) in [6, 6.07) is 15.0. The number of rotatable bonds is 2. The summed E-state index contributed by atoms with van der Waals surface area (Å²) in [7, 11) is 1.57. The van der Waals surface area contributed by atoms with Crippen molar-refractivity contribution in [1.29, 1.82) is 0 Å². The topological polar surface area (TPSA) is 106 Å². The van der Waals surface area contributed by atoms with E-state index in [0.29, 0.717) is 53.9 Å². The number of aromatic nitrogens is 2. The summed E-state index contributed by atoms with van der Waals surface area (Å²) in [5, 5.41) is 2.74. The minimum atomic E-state index is -0.632. The number of aryl methyl sites for hydroxylation is 1. The first-order valence-electron chi connectivity index (χ1n) is 13.4. The maximum Gasteiger partial charge on any atom is 0.272 e. The number of methoxy groups -OCH3 is 1. The van der Waals surface area contributed by atoms with Gasteiger partial charge in [-0.3, -0.25) is 9.59 Å². The van der Waals surface area contributed by atoms with E-state index in [0.717, 1.165) is 16.7 Å². The van der Waals surface area contributed by atoms with E-state index < -0.39 is 17.8 Å². The Bertz CT molecular complexity index is 1630. The van der Waals surface area contributed by atoms with Gasteiger partial charge in [0.1, 0.15) is 28.8 Å². The second-order valence-electron chi connectivity index (χ2n) is 10.0. The van der Waals surface area contributed by atoms with Crippen molar-refractivity contribution in [2.45, 2.75) is 25.8 Å². The van der Waals surface area contributed by atoms with Gasteiger partial charge in [0.25, 0.3) is 11.8 Å². The van der Waals surface area contributed by atoms with Crippen molar-refractivity contribution >= 4 is 11.8 Å². The smallest absolute Gasteiger partial charge is 0.272 e. The van der Waals surface area contributed by atoms with Crippen molar-refractivity contribution < 1.29 is 28.2 Å². The molecule has 7 rings (SSSR count). The lowest BCUT2D eigenvalue weighted by Gasteiger charge is -2.38. The second kappa shape index (κ2) is 11.0. The highest BCUT2D eigenvalue weighted by Gasteiger charge is 2.34. The molecular weight excluding hydrogens is 527 g/mol. The Hall–Kier alpha value is -4.86. The van der Waals surface area contributed by atoms with Crippen LogP contribution in [0.25, 0.3) is 0 Å². The fourth-order valence-corrected chi connectivity index (χ4v) is 5.33. The van der Waals surface area contributed by atoms with Crippen LogP contribution in [0.2, 0.25) is 0 Å². The number of carbonyl (C=O) groups is 2. The summed E-state index contributed by atoms with van der Waals surface area (Å²) in [5.74, 6) is 1.31. The van der Waals surface area contributed by atoms with Crippen LogP contribution < -0.4 is 19.5 Å². The number of amides is 2. The molecule has 0 saturated carbocycles. The summed E-state index contributed by atoms with van der Waals surface area (Å²) < 4.78 is 32.2. The number of aromatic amines is 1. The third-order valence-corrected chi connectivity index (χ3v) is 7.32. The van der Waals surface area contributed by atoms with E-state index in [4.69, 9.17) is 14.2 Å². The van der Waals surface area contributed by atoms with Crippen LogP contribution in [0, 0.1) is 12.7 Å². The molecule has 0 spiro atoms. The van der Waals surface area contributed by atoms with E-state index in [1.54, 1.807) is 13.3 Å². The summed E-state index contributed by atoms with van der Waals surface area (Å²) in [4.78, 5) is 35.5. The van der Waals surface area contributed by atoms with E-state index in [2.05, 4.69) is 15.3 Å². The Morgan fingerprint density at radius 2 is 1.95 bits per heavy atom. The standard InChI is InChI=1S/C31H29FN4O5/c1-18-34-17-26(35-18)31(38)36-12-10-19-14-21-5-7-23(19)29(36)20-4-9-27(39-2)28(15-20)40-13-3-11-33-30(37)24-16-22(41-21)6-8-25(24)32/h4-9,14-17,29H,3,10-13H2,1-2H3,(H,33,37)(H,34,35). The number of nitrogens with zero attached hydrogens (tertiary/aromatic N) is 2. The number of imidazole rings is 1. The molecule has 1 aromatic heterocycles. The van der Waals surface area contributed by atoms with E-state index in [1.807, 2.05) is 48.2 Å². The predicted octanol–water partition coefficient (Wildman–Crippen LogP) is 4.96. The molecule has 1 atom stereocenters. The number of halogens is 1. The molecule has 1 unspecified atom stereocenters. The number of ether oxygens (including phenoxy) is 3. The minimum absolute atomic E-state index is 0.0971. The zero-order valence-electron chi connectivity index (χ0n) is 22.7. The highest BCUT2D eigenvalue weighted by Crippen LogP contribution is 2.41. The number of hydrogen-bond donors (Lipinski definition) is 2. The molecule has 9 nitrogen and oxygen atoms in total. The van der Waals surface area contributed by atoms with Crippen LogP contribution in [0.1, 0.15) is 55.8 Å². The van der Waals surface area contributed by atoms with Crippen LogP contribution in [-0.2, 0) is 6.42 Å². The van der Waals surface area contributed by atoms with Crippen molar-refractivity contribution in [2.24, 2.45) is 0 Å². The van der Waals surface area contributed by atoms with Crippen LogP contribution in [0.5, 0.6) is 23.0 Å². The second-order valence-corrected chi connectivity index (χ2v) is 10.0. The molecule has 4 aromatic rings. The molecule has 0 aliphatic carbocycles. The van der Waals surface area contributed by atoms with E-state index >= 15 is 0 Å². The maximum absolute atomic E-state index is 14.5.